The highest BCUT2D eigenvalue weighted by atomic mass is 35.5. The van der Waals surface area contributed by atoms with Crippen molar-refractivity contribution in [2.45, 2.75) is 18.0 Å². The number of alkyl halides is 3. The normalized spacial score (nSPS) is 11.5. The summed E-state index contributed by atoms with van der Waals surface area (Å²) >= 11 is 6.27. The van der Waals surface area contributed by atoms with E-state index in [0.717, 1.165) is 12.1 Å². The van der Waals surface area contributed by atoms with Crippen LogP contribution in [0, 0.1) is 0 Å². The summed E-state index contributed by atoms with van der Waals surface area (Å²) in [4.78, 5) is 49.9. The number of carbonyl (C=O) groups is 4. The Bertz CT molecular complexity index is 1690. The minimum absolute atomic E-state index is 0.00840. The number of aliphatic carboxylic acids is 2. The minimum Gasteiger partial charge on any atom is -0.480 e. The number of rotatable bonds is 10. The van der Waals surface area contributed by atoms with Crippen LogP contribution in [0.3, 0.4) is 0 Å². The van der Waals surface area contributed by atoms with E-state index in [1.54, 1.807) is 24.3 Å². The molecule has 8 nitrogen and oxygen atoms in total. The second-order valence-corrected chi connectivity index (χ2v) is 9.94. The summed E-state index contributed by atoms with van der Waals surface area (Å²) < 4.78 is 44.1. The lowest BCUT2D eigenvalue weighted by molar-refractivity contribution is -0.158. The van der Waals surface area contributed by atoms with Crippen molar-refractivity contribution < 1.29 is 47.3 Å². The molecule has 0 radical (unpaired) electrons. The first-order chi connectivity index (χ1) is 20.8. The Labute approximate surface area is 253 Å². The van der Waals surface area contributed by atoms with E-state index < -0.39 is 54.0 Å². The van der Waals surface area contributed by atoms with Crippen LogP contribution in [-0.4, -0.2) is 40.6 Å². The van der Waals surface area contributed by atoms with Gasteiger partial charge in [0, 0.05) is 17.7 Å². The van der Waals surface area contributed by atoms with Crippen molar-refractivity contribution in [3.8, 4) is 11.1 Å². The third-order valence-corrected chi connectivity index (χ3v) is 7.16. The maximum absolute atomic E-state index is 13.1. The quantitative estimate of drug-likeness (QED) is 0.129. The van der Waals surface area contributed by atoms with Crippen LogP contribution in [0.4, 0.5) is 18.9 Å². The molecule has 12 heteroatoms. The van der Waals surface area contributed by atoms with Gasteiger partial charge in [-0.05, 0) is 53.1 Å². The van der Waals surface area contributed by atoms with Crippen molar-refractivity contribution in [1.29, 1.82) is 0 Å². The van der Waals surface area contributed by atoms with E-state index in [9.17, 15) is 42.6 Å². The molecule has 1 amide bonds. The van der Waals surface area contributed by atoms with Gasteiger partial charge in [-0.25, -0.2) is 4.79 Å². The molecule has 0 fully saturated rings. The number of carbonyl (C=O) groups excluding carboxylic acids is 2. The molecule has 0 bridgehead atoms. The molecule has 0 heterocycles. The van der Waals surface area contributed by atoms with Crippen molar-refractivity contribution in [2.24, 2.45) is 0 Å². The Morgan fingerprint density at radius 3 is 1.95 bits per heavy atom. The molecule has 0 saturated heterocycles. The number of carboxylic acids is 2. The zero-order valence-electron chi connectivity index (χ0n) is 22.6. The second kappa shape index (κ2) is 13.0. The highest BCUT2D eigenvalue weighted by molar-refractivity contribution is 6.34. The number of ether oxygens (including phenoxy) is 1. The number of carboxylic acid groups (broad SMARTS) is 2. The number of nitrogens with one attached hydrogen (secondary N) is 1. The summed E-state index contributed by atoms with van der Waals surface area (Å²) in [7, 11) is 0. The van der Waals surface area contributed by atoms with Gasteiger partial charge in [0.25, 0.3) is 5.91 Å². The molecule has 0 atom stereocenters. The Hall–Kier alpha value is -5.16. The standard InChI is InChI=1S/C32H23ClF3NO7/c33-26-18-22(37-27(38)24-9-5-4-8-23(24)19-10-12-21(13-11-19)32(34,35)36)14-15-25(26)28(39)44-17-16-31(29(40)41,30(42)43)20-6-2-1-3-7-20/h1-15,18H,16-17H2,(H,37,38)(H,40,41)(H,42,43). The van der Waals surface area contributed by atoms with Gasteiger partial charge in [0.15, 0.2) is 5.41 Å². The van der Waals surface area contributed by atoms with Crippen molar-refractivity contribution >= 4 is 41.1 Å². The molecular formula is C32H23ClF3NO7. The zero-order chi connectivity index (χ0) is 32.1. The van der Waals surface area contributed by atoms with Gasteiger partial charge in [-0.15, -0.1) is 0 Å². The number of benzene rings is 4. The minimum atomic E-state index is -4.50. The van der Waals surface area contributed by atoms with Gasteiger partial charge in [-0.2, -0.15) is 13.2 Å². The van der Waals surface area contributed by atoms with Crippen LogP contribution >= 0.6 is 11.6 Å². The van der Waals surface area contributed by atoms with Crippen LogP contribution in [0.5, 0.6) is 0 Å². The Balaban J connectivity index is 1.46. The monoisotopic (exact) mass is 625 g/mol. The van der Waals surface area contributed by atoms with Crippen molar-refractivity contribution in [3.05, 3.63) is 124 Å². The molecule has 3 N–H and O–H groups in total. The molecule has 0 aliphatic rings. The van der Waals surface area contributed by atoms with Crippen LogP contribution in [0.15, 0.2) is 97.1 Å². The Morgan fingerprint density at radius 2 is 1.36 bits per heavy atom. The van der Waals surface area contributed by atoms with Gasteiger partial charge in [0.2, 0.25) is 0 Å². The molecule has 0 unspecified atom stereocenters. The zero-order valence-corrected chi connectivity index (χ0v) is 23.4. The predicted molar refractivity (Wildman–Crippen MR) is 155 cm³/mol. The molecule has 4 rings (SSSR count). The topological polar surface area (TPSA) is 130 Å². The van der Waals surface area contributed by atoms with Crippen LogP contribution in [0.2, 0.25) is 5.02 Å². The van der Waals surface area contributed by atoms with Gasteiger partial charge in [0.05, 0.1) is 22.8 Å². The Kier molecular flexibility index (Phi) is 9.39. The van der Waals surface area contributed by atoms with Crippen molar-refractivity contribution in [2.75, 3.05) is 11.9 Å². The van der Waals surface area contributed by atoms with E-state index in [-0.39, 0.29) is 27.4 Å². The molecule has 0 aromatic heterocycles. The van der Waals surface area contributed by atoms with Crippen LogP contribution in [0.1, 0.15) is 38.3 Å². The van der Waals surface area contributed by atoms with E-state index in [2.05, 4.69) is 5.32 Å². The summed E-state index contributed by atoms with van der Waals surface area (Å²) in [5.74, 6) is -4.78. The number of esters is 1. The number of anilines is 1. The fourth-order valence-electron chi connectivity index (χ4n) is 4.52. The lowest BCUT2D eigenvalue weighted by Crippen LogP contribution is -2.44. The molecule has 0 saturated carbocycles. The van der Waals surface area contributed by atoms with Crippen LogP contribution in [0.25, 0.3) is 11.1 Å². The highest BCUT2D eigenvalue weighted by Gasteiger charge is 2.48. The lowest BCUT2D eigenvalue weighted by atomic mass is 9.78. The molecule has 226 valence electrons. The molecule has 0 spiro atoms. The van der Waals surface area contributed by atoms with Crippen LogP contribution in [-0.2, 0) is 25.9 Å². The first-order valence-corrected chi connectivity index (χ1v) is 13.3. The maximum Gasteiger partial charge on any atom is 0.416 e. The number of amides is 1. The lowest BCUT2D eigenvalue weighted by Gasteiger charge is -2.25. The Morgan fingerprint density at radius 1 is 0.750 bits per heavy atom. The third kappa shape index (κ3) is 6.73. The van der Waals surface area contributed by atoms with Gasteiger partial charge in [-0.1, -0.05) is 72.3 Å². The summed E-state index contributed by atoms with van der Waals surface area (Å²) in [6.45, 7) is -0.554. The van der Waals surface area contributed by atoms with Gasteiger partial charge < -0.3 is 20.3 Å². The summed E-state index contributed by atoms with van der Waals surface area (Å²) in [5.41, 5.74) is -2.14. The largest absolute Gasteiger partial charge is 0.480 e. The van der Waals surface area contributed by atoms with E-state index in [1.807, 2.05) is 0 Å². The fraction of sp³-hybridized carbons (Fsp3) is 0.125. The first kappa shape index (κ1) is 31.8. The highest BCUT2D eigenvalue weighted by Crippen LogP contribution is 2.33. The fourth-order valence-corrected chi connectivity index (χ4v) is 4.78. The summed E-state index contributed by atoms with van der Waals surface area (Å²) in [6.07, 6.45) is -5.06. The summed E-state index contributed by atoms with van der Waals surface area (Å²) in [6, 6.07) is 21.9. The number of halogens is 4. The van der Waals surface area contributed by atoms with E-state index >= 15 is 0 Å². The average Bonchev–Trinajstić information content (AvgIpc) is 2.99. The van der Waals surface area contributed by atoms with Gasteiger partial charge >= 0.3 is 24.1 Å². The first-order valence-electron chi connectivity index (χ1n) is 12.9. The predicted octanol–water partition coefficient (Wildman–Crippen LogP) is 6.93. The molecule has 0 aliphatic carbocycles. The molecule has 4 aromatic rings. The second-order valence-electron chi connectivity index (χ2n) is 9.54. The van der Waals surface area contributed by atoms with Crippen molar-refractivity contribution in [1.82, 2.24) is 0 Å². The van der Waals surface area contributed by atoms with Crippen LogP contribution < -0.4 is 5.32 Å². The molecular weight excluding hydrogens is 603 g/mol. The van der Waals surface area contributed by atoms with Gasteiger partial charge in [0.1, 0.15) is 0 Å². The average molecular weight is 626 g/mol. The summed E-state index contributed by atoms with van der Waals surface area (Å²) in [5, 5.41) is 22.0. The third-order valence-electron chi connectivity index (χ3n) is 6.85. The van der Waals surface area contributed by atoms with Gasteiger partial charge in [-0.3, -0.25) is 14.4 Å². The molecule has 4 aromatic carbocycles. The van der Waals surface area contributed by atoms with E-state index in [0.29, 0.717) is 11.1 Å². The number of hydrogen-bond acceptors (Lipinski definition) is 5. The number of hydrogen-bond donors (Lipinski definition) is 3. The maximum atomic E-state index is 13.1. The molecule has 0 aliphatic heterocycles. The van der Waals surface area contributed by atoms with Crippen molar-refractivity contribution in [3.63, 3.8) is 0 Å². The smallest absolute Gasteiger partial charge is 0.416 e. The molecule has 44 heavy (non-hydrogen) atoms. The van der Waals surface area contributed by atoms with E-state index in [4.69, 9.17) is 16.3 Å². The van der Waals surface area contributed by atoms with E-state index in [1.165, 1.54) is 60.7 Å². The SMILES string of the molecule is O=C(OCCC(C(=O)O)(C(=O)O)c1ccccc1)c1ccc(NC(=O)c2ccccc2-c2ccc(C(F)(F)F)cc2)cc1Cl.